The lowest BCUT2D eigenvalue weighted by Gasteiger charge is -2.24. The van der Waals surface area contributed by atoms with Crippen LogP contribution < -0.4 is 14.9 Å². The van der Waals surface area contributed by atoms with Gasteiger partial charge in [0.15, 0.2) is 4.80 Å². The first kappa shape index (κ1) is 23.7. The third-order valence-corrected chi connectivity index (χ3v) is 6.57. The molecule has 0 bridgehead atoms. The minimum Gasteiger partial charge on any atom is -0.465 e. The first-order valence-corrected chi connectivity index (χ1v) is 11.7. The Balaban J connectivity index is 1.87. The molecule has 9 heteroatoms. The SMILES string of the molecule is CCOC(=O)C1=C(C)N=c2s/c(=C/c3ccc(C(=O)OC)cc3)c(=O)n2C1c1ccc(Cl)cc1. The molecular formula is C25H21ClN2O5S. The minimum atomic E-state index is -0.698. The van der Waals surface area contributed by atoms with Gasteiger partial charge in [0.2, 0.25) is 0 Å². The molecule has 0 aliphatic carbocycles. The van der Waals surface area contributed by atoms with Gasteiger partial charge in [0.25, 0.3) is 5.56 Å². The Bertz CT molecular complexity index is 1470. The second kappa shape index (κ2) is 9.79. The van der Waals surface area contributed by atoms with Crippen LogP contribution >= 0.6 is 22.9 Å². The summed E-state index contributed by atoms with van der Waals surface area (Å²) in [4.78, 5) is 43.1. The molecule has 0 amide bonds. The normalized spacial score (nSPS) is 15.5. The summed E-state index contributed by atoms with van der Waals surface area (Å²) in [6.07, 6.45) is 1.73. The molecule has 0 saturated heterocycles. The topological polar surface area (TPSA) is 87.0 Å². The molecule has 1 atom stereocenters. The summed E-state index contributed by atoms with van der Waals surface area (Å²) in [5, 5.41) is 0.546. The molecule has 2 aromatic carbocycles. The van der Waals surface area contributed by atoms with E-state index in [2.05, 4.69) is 4.99 Å². The van der Waals surface area contributed by atoms with Crippen LogP contribution in [0.4, 0.5) is 0 Å². The van der Waals surface area contributed by atoms with E-state index in [1.807, 2.05) is 0 Å². The Labute approximate surface area is 204 Å². The van der Waals surface area contributed by atoms with E-state index < -0.39 is 18.0 Å². The Hall–Kier alpha value is -3.49. The second-order valence-corrected chi connectivity index (χ2v) is 8.91. The highest BCUT2D eigenvalue weighted by Crippen LogP contribution is 2.31. The molecule has 2 heterocycles. The van der Waals surface area contributed by atoms with Crippen molar-refractivity contribution >= 4 is 41.0 Å². The van der Waals surface area contributed by atoms with E-state index in [1.165, 1.54) is 23.0 Å². The van der Waals surface area contributed by atoms with Crippen LogP contribution in [0.15, 0.2) is 69.6 Å². The summed E-state index contributed by atoms with van der Waals surface area (Å²) in [6, 6.07) is 13.0. The standard InChI is InChI=1S/C25H21ClN2O5S/c1-4-33-24(31)20-14(2)27-25-28(21(20)16-9-11-18(26)12-10-16)22(29)19(34-25)13-15-5-7-17(8-6-15)23(30)32-3/h5-13,21H,4H2,1-3H3/b19-13+. The lowest BCUT2D eigenvalue weighted by Crippen LogP contribution is -2.39. The molecule has 1 unspecified atom stereocenters. The molecule has 1 aliphatic rings. The van der Waals surface area contributed by atoms with Crippen LogP contribution in [0.2, 0.25) is 5.02 Å². The highest BCUT2D eigenvalue weighted by molar-refractivity contribution is 7.07. The van der Waals surface area contributed by atoms with Crippen LogP contribution in [-0.2, 0) is 14.3 Å². The highest BCUT2D eigenvalue weighted by atomic mass is 35.5. The third-order valence-electron chi connectivity index (χ3n) is 5.33. The average molecular weight is 497 g/mol. The molecule has 4 rings (SSSR count). The Morgan fingerprint density at radius 1 is 1.12 bits per heavy atom. The van der Waals surface area contributed by atoms with Gasteiger partial charge < -0.3 is 9.47 Å². The van der Waals surface area contributed by atoms with Crippen molar-refractivity contribution in [3.8, 4) is 0 Å². The first-order chi connectivity index (χ1) is 16.3. The summed E-state index contributed by atoms with van der Waals surface area (Å²) in [7, 11) is 1.32. The van der Waals surface area contributed by atoms with E-state index in [-0.39, 0.29) is 12.2 Å². The zero-order chi connectivity index (χ0) is 24.4. The summed E-state index contributed by atoms with van der Waals surface area (Å²) in [6.45, 7) is 3.67. The van der Waals surface area contributed by atoms with Crippen LogP contribution in [0.3, 0.4) is 0 Å². The van der Waals surface area contributed by atoms with Crippen LogP contribution in [-0.4, -0.2) is 30.2 Å². The molecule has 174 valence electrons. The lowest BCUT2D eigenvalue weighted by molar-refractivity contribution is -0.139. The van der Waals surface area contributed by atoms with Crippen molar-refractivity contribution in [2.24, 2.45) is 4.99 Å². The number of benzene rings is 2. The second-order valence-electron chi connectivity index (χ2n) is 7.47. The van der Waals surface area contributed by atoms with Crippen molar-refractivity contribution in [2.75, 3.05) is 13.7 Å². The van der Waals surface area contributed by atoms with Crippen molar-refractivity contribution < 1.29 is 19.1 Å². The molecule has 0 spiro atoms. The molecule has 1 aliphatic heterocycles. The van der Waals surface area contributed by atoms with Crippen molar-refractivity contribution in [1.29, 1.82) is 0 Å². The number of rotatable bonds is 5. The van der Waals surface area contributed by atoms with Crippen molar-refractivity contribution in [3.63, 3.8) is 0 Å². The van der Waals surface area contributed by atoms with E-state index in [9.17, 15) is 14.4 Å². The molecule has 7 nitrogen and oxygen atoms in total. The van der Waals surface area contributed by atoms with E-state index in [0.29, 0.717) is 31.2 Å². The van der Waals surface area contributed by atoms with Gasteiger partial charge in [0.05, 0.1) is 41.1 Å². The number of aromatic nitrogens is 1. The molecule has 0 N–H and O–H groups in total. The number of ether oxygens (including phenoxy) is 2. The maximum atomic E-state index is 13.5. The van der Waals surface area contributed by atoms with Gasteiger partial charge in [0, 0.05) is 5.02 Å². The van der Waals surface area contributed by atoms with Crippen LogP contribution in [0, 0.1) is 0 Å². The summed E-state index contributed by atoms with van der Waals surface area (Å²) in [5.74, 6) is -0.952. The monoisotopic (exact) mass is 496 g/mol. The van der Waals surface area contributed by atoms with Crippen LogP contribution in [0.5, 0.6) is 0 Å². The fraction of sp³-hybridized carbons (Fsp3) is 0.200. The molecule has 3 aromatic rings. The molecule has 0 fully saturated rings. The number of hydrogen-bond acceptors (Lipinski definition) is 7. The van der Waals surface area contributed by atoms with Gasteiger partial charge in [-0.2, -0.15) is 0 Å². The number of allylic oxidation sites excluding steroid dienone is 1. The van der Waals surface area contributed by atoms with Gasteiger partial charge in [-0.15, -0.1) is 0 Å². The largest absolute Gasteiger partial charge is 0.465 e. The zero-order valence-electron chi connectivity index (χ0n) is 18.7. The van der Waals surface area contributed by atoms with E-state index in [1.54, 1.807) is 68.5 Å². The number of methoxy groups -OCH3 is 1. The minimum absolute atomic E-state index is 0.203. The van der Waals surface area contributed by atoms with E-state index in [4.69, 9.17) is 21.1 Å². The smallest absolute Gasteiger partial charge is 0.338 e. The molecule has 0 saturated carbocycles. The van der Waals surface area contributed by atoms with Crippen LogP contribution in [0.25, 0.3) is 6.08 Å². The summed E-state index contributed by atoms with van der Waals surface area (Å²) in [5.41, 5.74) is 2.40. The molecular weight excluding hydrogens is 476 g/mol. The predicted octanol–water partition coefficient (Wildman–Crippen LogP) is 3.24. The number of carbonyl (C=O) groups is 2. The number of carbonyl (C=O) groups excluding carboxylic acids is 2. The molecule has 34 heavy (non-hydrogen) atoms. The van der Waals surface area contributed by atoms with Crippen LogP contribution in [0.1, 0.15) is 41.4 Å². The summed E-state index contributed by atoms with van der Waals surface area (Å²) >= 11 is 7.30. The number of halogens is 1. The quantitative estimate of drug-likeness (QED) is 0.506. The Morgan fingerprint density at radius 3 is 2.41 bits per heavy atom. The third kappa shape index (κ3) is 4.47. The van der Waals surface area contributed by atoms with Gasteiger partial charge in [0.1, 0.15) is 0 Å². The van der Waals surface area contributed by atoms with Crippen molar-refractivity contribution in [3.05, 3.63) is 101 Å². The lowest BCUT2D eigenvalue weighted by atomic mass is 9.96. The van der Waals surface area contributed by atoms with E-state index >= 15 is 0 Å². The summed E-state index contributed by atoms with van der Waals surface area (Å²) < 4.78 is 12.0. The molecule has 1 aromatic heterocycles. The van der Waals surface area contributed by atoms with E-state index in [0.717, 1.165) is 11.1 Å². The highest BCUT2D eigenvalue weighted by Gasteiger charge is 2.33. The predicted molar refractivity (Wildman–Crippen MR) is 130 cm³/mol. The maximum Gasteiger partial charge on any atom is 0.338 e. The Morgan fingerprint density at radius 2 is 1.79 bits per heavy atom. The molecule has 0 radical (unpaired) electrons. The zero-order valence-corrected chi connectivity index (χ0v) is 20.3. The van der Waals surface area contributed by atoms with Gasteiger partial charge in [-0.25, -0.2) is 14.6 Å². The fourth-order valence-corrected chi connectivity index (χ4v) is 4.91. The number of nitrogens with zero attached hydrogens (tertiary/aromatic N) is 2. The number of fused-ring (bicyclic) bond motifs is 1. The fourth-order valence-electron chi connectivity index (χ4n) is 3.74. The number of esters is 2. The maximum absolute atomic E-state index is 13.5. The van der Waals surface area contributed by atoms with Gasteiger partial charge >= 0.3 is 11.9 Å². The van der Waals surface area contributed by atoms with Gasteiger partial charge in [-0.3, -0.25) is 9.36 Å². The van der Waals surface area contributed by atoms with Crippen molar-refractivity contribution in [2.45, 2.75) is 19.9 Å². The average Bonchev–Trinajstić information content (AvgIpc) is 3.13. The first-order valence-electron chi connectivity index (χ1n) is 10.5. The van der Waals surface area contributed by atoms with Crippen molar-refractivity contribution in [1.82, 2.24) is 4.57 Å². The Kier molecular flexibility index (Phi) is 6.81. The number of thiazole rings is 1. The van der Waals surface area contributed by atoms with Gasteiger partial charge in [-0.05, 0) is 55.3 Å². The number of hydrogen-bond donors (Lipinski definition) is 0. The van der Waals surface area contributed by atoms with Gasteiger partial charge in [-0.1, -0.05) is 47.2 Å².